The van der Waals surface area contributed by atoms with Crippen molar-refractivity contribution in [2.45, 2.75) is 0 Å². The molecule has 0 saturated heterocycles. The zero-order chi connectivity index (χ0) is 7.14. The van der Waals surface area contributed by atoms with E-state index < -0.39 is 0 Å². The molecule has 0 aromatic carbocycles. The lowest BCUT2D eigenvalue weighted by Gasteiger charge is -1.78. The molecule has 0 radical (unpaired) electrons. The standard InChI is InChI=1S/C6H4Br2N2/c7-5-4-2-1-3-10(4)9-6(5)8/h1-3,9H. The Labute approximate surface area is 74.5 Å². The third-order valence-electron chi connectivity index (χ3n) is 1.38. The highest BCUT2D eigenvalue weighted by molar-refractivity contribution is 9.13. The van der Waals surface area contributed by atoms with Gasteiger partial charge in [-0.3, -0.25) is 9.61 Å². The first-order valence-electron chi connectivity index (χ1n) is 2.79. The van der Waals surface area contributed by atoms with Gasteiger partial charge in [0, 0.05) is 6.20 Å². The summed E-state index contributed by atoms with van der Waals surface area (Å²) in [5.41, 5.74) is 1.15. The summed E-state index contributed by atoms with van der Waals surface area (Å²) in [7, 11) is 0. The van der Waals surface area contributed by atoms with E-state index in [4.69, 9.17) is 0 Å². The molecule has 2 nitrogen and oxygen atoms in total. The van der Waals surface area contributed by atoms with Crippen LogP contribution in [-0.2, 0) is 0 Å². The van der Waals surface area contributed by atoms with Crippen LogP contribution < -0.4 is 0 Å². The fourth-order valence-electron chi connectivity index (χ4n) is 0.925. The van der Waals surface area contributed by atoms with Crippen LogP contribution in [0.4, 0.5) is 0 Å². The van der Waals surface area contributed by atoms with Crippen LogP contribution in [-0.4, -0.2) is 9.61 Å². The van der Waals surface area contributed by atoms with Gasteiger partial charge in [0.15, 0.2) is 0 Å². The second-order valence-corrected chi connectivity index (χ2v) is 3.59. The van der Waals surface area contributed by atoms with Crippen LogP contribution in [0.1, 0.15) is 0 Å². The monoisotopic (exact) mass is 262 g/mol. The minimum atomic E-state index is 0.975. The maximum atomic E-state index is 3.43. The number of aromatic nitrogens is 2. The van der Waals surface area contributed by atoms with Crippen molar-refractivity contribution in [3.8, 4) is 0 Å². The highest BCUT2D eigenvalue weighted by atomic mass is 79.9. The Balaban J connectivity index is 2.95. The number of nitrogens with zero attached hydrogens (tertiary/aromatic N) is 1. The smallest absolute Gasteiger partial charge is 0.114 e. The normalized spacial score (nSPS) is 11.0. The van der Waals surface area contributed by atoms with E-state index in [1.165, 1.54) is 0 Å². The number of nitrogens with one attached hydrogen (secondary N) is 1. The molecule has 1 N–H and O–H groups in total. The third-order valence-corrected chi connectivity index (χ3v) is 3.29. The number of rotatable bonds is 0. The molecule has 0 aliphatic heterocycles. The van der Waals surface area contributed by atoms with E-state index in [1.807, 2.05) is 22.8 Å². The summed E-state index contributed by atoms with van der Waals surface area (Å²) >= 11 is 6.80. The summed E-state index contributed by atoms with van der Waals surface area (Å²) in [6.45, 7) is 0. The van der Waals surface area contributed by atoms with Crippen molar-refractivity contribution < 1.29 is 0 Å². The Morgan fingerprint density at radius 3 is 2.90 bits per heavy atom. The first-order chi connectivity index (χ1) is 4.79. The van der Waals surface area contributed by atoms with E-state index >= 15 is 0 Å². The van der Waals surface area contributed by atoms with Crippen molar-refractivity contribution in [2.24, 2.45) is 0 Å². The molecule has 2 rings (SSSR count). The van der Waals surface area contributed by atoms with Gasteiger partial charge in [-0.1, -0.05) is 0 Å². The van der Waals surface area contributed by atoms with Gasteiger partial charge in [0.2, 0.25) is 0 Å². The Morgan fingerprint density at radius 2 is 2.20 bits per heavy atom. The molecule has 2 aromatic rings. The Bertz CT molecular complexity index is 361. The van der Waals surface area contributed by atoms with Crippen LogP contribution in [0.5, 0.6) is 0 Å². The molecule has 52 valence electrons. The number of hydrogen-bond acceptors (Lipinski definition) is 0. The topological polar surface area (TPSA) is 20.2 Å². The molecule has 0 aliphatic rings. The molecule has 10 heavy (non-hydrogen) atoms. The van der Waals surface area contributed by atoms with Crippen molar-refractivity contribution >= 4 is 37.4 Å². The average molecular weight is 264 g/mol. The lowest BCUT2D eigenvalue weighted by Crippen LogP contribution is -1.75. The minimum absolute atomic E-state index is 0.975. The largest absolute Gasteiger partial charge is 0.286 e. The van der Waals surface area contributed by atoms with E-state index in [0.29, 0.717) is 0 Å². The van der Waals surface area contributed by atoms with E-state index in [9.17, 15) is 0 Å². The summed E-state index contributed by atoms with van der Waals surface area (Å²) in [6, 6.07) is 4.02. The number of aromatic amines is 1. The van der Waals surface area contributed by atoms with Gasteiger partial charge in [-0.25, -0.2) is 0 Å². The van der Waals surface area contributed by atoms with Crippen LogP contribution in [0.15, 0.2) is 27.4 Å². The molecule has 0 saturated carbocycles. The predicted molar refractivity (Wildman–Crippen MR) is 47.1 cm³/mol. The van der Waals surface area contributed by atoms with Crippen LogP contribution in [0, 0.1) is 0 Å². The Kier molecular flexibility index (Phi) is 1.38. The zero-order valence-corrected chi connectivity index (χ0v) is 8.11. The molecule has 2 heterocycles. The van der Waals surface area contributed by atoms with Crippen LogP contribution in [0.2, 0.25) is 0 Å². The number of halogens is 2. The van der Waals surface area contributed by atoms with Crippen molar-refractivity contribution in [3.63, 3.8) is 0 Å². The summed E-state index contributed by atoms with van der Waals surface area (Å²) in [5.74, 6) is 0. The van der Waals surface area contributed by atoms with Gasteiger partial charge < -0.3 is 0 Å². The maximum absolute atomic E-state index is 3.43. The van der Waals surface area contributed by atoms with Gasteiger partial charge in [-0.15, -0.1) is 0 Å². The quantitative estimate of drug-likeness (QED) is 0.755. The van der Waals surface area contributed by atoms with Gasteiger partial charge >= 0.3 is 0 Å². The zero-order valence-electron chi connectivity index (χ0n) is 4.94. The minimum Gasteiger partial charge on any atom is -0.286 e. The second-order valence-electron chi connectivity index (χ2n) is 2.00. The number of H-pyrrole nitrogens is 1. The van der Waals surface area contributed by atoms with Gasteiger partial charge in [-0.05, 0) is 44.0 Å². The second kappa shape index (κ2) is 2.13. The Morgan fingerprint density at radius 1 is 1.40 bits per heavy atom. The summed E-state index contributed by atoms with van der Waals surface area (Å²) in [6.07, 6.45) is 1.96. The summed E-state index contributed by atoms with van der Waals surface area (Å²) < 4.78 is 3.98. The molecule has 0 amide bonds. The van der Waals surface area contributed by atoms with Crippen molar-refractivity contribution in [1.82, 2.24) is 9.61 Å². The van der Waals surface area contributed by atoms with E-state index in [2.05, 4.69) is 37.0 Å². The highest BCUT2D eigenvalue weighted by Crippen LogP contribution is 2.26. The number of hydrogen-bond donors (Lipinski definition) is 1. The van der Waals surface area contributed by atoms with Crippen LogP contribution in [0.3, 0.4) is 0 Å². The van der Waals surface area contributed by atoms with E-state index in [1.54, 1.807) is 0 Å². The van der Waals surface area contributed by atoms with Crippen molar-refractivity contribution in [1.29, 1.82) is 0 Å². The van der Waals surface area contributed by atoms with Crippen LogP contribution in [0.25, 0.3) is 5.52 Å². The lowest BCUT2D eigenvalue weighted by atomic mass is 10.5. The fourth-order valence-corrected chi connectivity index (χ4v) is 1.73. The van der Waals surface area contributed by atoms with E-state index in [0.717, 1.165) is 14.6 Å². The van der Waals surface area contributed by atoms with Crippen LogP contribution >= 0.6 is 31.9 Å². The molecule has 0 fully saturated rings. The van der Waals surface area contributed by atoms with Gasteiger partial charge in [0.05, 0.1) is 9.99 Å². The first-order valence-corrected chi connectivity index (χ1v) is 4.37. The Hall–Kier alpha value is -0.220. The summed E-state index contributed by atoms with van der Waals surface area (Å²) in [5, 5.41) is 3.09. The molecular weight excluding hydrogens is 260 g/mol. The molecule has 0 atom stereocenters. The predicted octanol–water partition coefficient (Wildman–Crippen LogP) is 2.79. The SMILES string of the molecule is Brc1[nH]n2cccc2c1Br. The third kappa shape index (κ3) is 0.754. The molecule has 0 aliphatic carbocycles. The molecule has 2 aromatic heterocycles. The lowest BCUT2D eigenvalue weighted by molar-refractivity contribution is 0.961. The molecule has 4 heteroatoms. The maximum Gasteiger partial charge on any atom is 0.114 e. The molecular formula is C6H4Br2N2. The first kappa shape index (κ1) is 6.49. The van der Waals surface area contributed by atoms with E-state index in [-0.39, 0.29) is 0 Å². The summed E-state index contributed by atoms with van der Waals surface area (Å²) in [4.78, 5) is 0. The van der Waals surface area contributed by atoms with Gasteiger partial charge in [0.25, 0.3) is 0 Å². The van der Waals surface area contributed by atoms with Crippen molar-refractivity contribution in [3.05, 3.63) is 27.4 Å². The van der Waals surface area contributed by atoms with Crippen molar-refractivity contribution in [2.75, 3.05) is 0 Å². The van der Waals surface area contributed by atoms with Gasteiger partial charge in [-0.2, -0.15) is 0 Å². The number of fused-ring (bicyclic) bond motifs is 1. The fraction of sp³-hybridized carbons (Fsp3) is 0. The highest BCUT2D eigenvalue weighted by Gasteiger charge is 2.03. The van der Waals surface area contributed by atoms with Gasteiger partial charge in [0.1, 0.15) is 4.60 Å². The molecule has 0 unspecified atom stereocenters. The molecule has 0 bridgehead atoms. The average Bonchev–Trinajstić information content (AvgIpc) is 2.41. The molecule has 0 spiro atoms.